The Hall–Kier alpha value is -3.91. The highest BCUT2D eigenvalue weighted by atomic mass is 32.1. The van der Waals surface area contributed by atoms with Crippen molar-refractivity contribution in [3.05, 3.63) is 77.3 Å². The molecule has 0 saturated carbocycles. The normalized spacial score (nSPS) is 12.4. The van der Waals surface area contributed by atoms with E-state index in [-0.39, 0.29) is 12.7 Å². The molecule has 5 rings (SSSR count). The minimum absolute atomic E-state index is 0.232. The van der Waals surface area contributed by atoms with Crippen LogP contribution in [0.4, 0.5) is 5.82 Å². The third-order valence-electron chi connectivity index (χ3n) is 4.65. The Balaban J connectivity index is 1.37. The van der Waals surface area contributed by atoms with Gasteiger partial charge in [0.2, 0.25) is 17.8 Å². The van der Waals surface area contributed by atoms with Gasteiger partial charge < -0.3 is 14.8 Å². The summed E-state index contributed by atoms with van der Waals surface area (Å²) in [6, 6.07) is 17.2. The summed E-state index contributed by atoms with van der Waals surface area (Å²) in [7, 11) is 0. The van der Waals surface area contributed by atoms with Crippen molar-refractivity contribution in [1.29, 1.82) is 0 Å². The SMILES string of the molecule is Cc1cc(NC(=O)/C=C\c2ccccc2)n(-c2nc(-c3ccc4c(c3)OCO4)cs2)n1. The number of amides is 1. The van der Waals surface area contributed by atoms with Crippen LogP contribution in [0.2, 0.25) is 0 Å². The lowest BCUT2D eigenvalue weighted by molar-refractivity contribution is -0.111. The van der Waals surface area contributed by atoms with Crippen LogP contribution in [0.1, 0.15) is 11.3 Å². The summed E-state index contributed by atoms with van der Waals surface area (Å²) < 4.78 is 12.5. The quantitative estimate of drug-likeness (QED) is 0.465. The first kappa shape index (κ1) is 19.1. The van der Waals surface area contributed by atoms with Crippen LogP contribution in [0.3, 0.4) is 0 Å². The van der Waals surface area contributed by atoms with Gasteiger partial charge in [0.15, 0.2) is 11.5 Å². The summed E-state index contributed by atoms with van der Waals surface area (Å²) >= 11 is 1.44. The number of nitrogens with zero attached hydrogens (tertiary/aromatic N) is 3. The van der Waals surface area contributed by atoms with Crippen molar-refractivity contribution in [3.63, 3.8) is 0 Å². The maximum Gasteiger partial charge on any atom is 0.249 e. The number of hydrogen-bond acceptors (Lipinski definition) is 6. The van der Waals surface area contributed by atoms with Gasteiger partial charge in [-0.25, -0.2) is 4.98 Å². The van der Waals surface area contributed by atoms with E-state index in [1.54, 1.807) is 10.8 Å². The van der Waals surface area contributed by atoms with Gasteiger partial charge in [0.1, 0.15) is 5.82 Å². The minimum Gasteiger partial charge on any atom is -0.454 e. The predicted octanol–water partition coefficient (Wildman–Crippen LogP) is 4.68. The molecule has 0 spiro atoms. The lowest BCUT2D eigenvalue weighted by Crippen LogP contribution is -2.12. The summed E-state index contributed by atoms with van der Waals surface area (Å²) in [5.41, 5.74) is 3.46. The molecule has 0 fully saturated rings. The van der Waals surface area contributed by atoms with E-state index in [9.17, 15) is 4.79 Å². The zero-order chi connectivity index (χ0) is 21.2. The maximum absolute atomic E-state index is 12.4. The monoisotopic (exact) mass is 430 g/mol. The fourth-order valence-electron chi connectivity index (χ4n) is 3.19. The summed E-state index contributed by atoms with van der Waals surface area (Å²) in [4.78, 5) is 17.1. The van der Waals surface area contributed by atoms with Crippen LogP contribution in [-0.4, -0.2) is 27.5 Å². The highest BCUT2D eigenvalue weighted by Gasteiger charge is 2.17. The molecule has 1 aliphatic heterocycles. The molecule has 0 radical (unpaired) electrons. The van der Waals surface area contributed by atoms with E-state index in [1.807, 2.05) is 66.9 Å². The Morgan fingerprint density at radius 3 is 2.84 bits per heavy atom. The molecule has 1 amide bonds. The third-order valence-corrected chi connectivity index (χ3v) is 5.47. The minimum atomic E-state index is -0.238. The van der Waals surface area contributed by atoms with Crippen molar-refractivity contribution in [3.8, 4) is 27.9 Å². The van der Waals surface area contributed by atoms with Crippen LogP contribution in [0, 0.1) is 6.92 Å². The fourth-order valence-corrected chi connectivity index (χ4v) is 3.98. The van der Waals surface area contributed by atoms with Crippen molar-refractivity contribution in [2.24, 2.45) is 0 Å². The Morgan fingerprint density at radius 1 is 1.13 bits per heavy atom. The molecule has 0 atom stereocenters. The van der Waals surface area contributed by atoms with Gasteiger partial charge in [-0.3, -0.25) is 4.79 Å². The molecular weight excluding hydrogens is 412 g/mol. The van der Waals surface area contributed by atoms with Gasteiger partial charge in [-0.2, -0.15) is 9.78 Å². The molecule has 0 aliphatic carbocycles. The van der Waals surface area contributed by atoms with E-state index in [4.69, 9.17) is 14.5 Å². The number of nitrogens with one attached hydrogen (secondary N) is 1. The first-order chi connectivity index (χ1) is 15.2. The molecule has 0 bridgehead atoms. The van der Waals surface area contributed by atoms with Crippen molar-refractivity contribution in [1.82, 2.24) is 14.8 Å². The van der Waals surface area contributed by atoms with Crippen LogP contribution in [0.25, 0.3) is 22.5 Å². The number of fused-ring (bicyclic) bond motifs is 1. The molecule has 1 N–H and O–H groups in total. The van der Waals surface area contributed by atoms with Crippen LogP contribution in [-0.2, 0) is 4.79 Å². The van der Waals surface area contributed by atoms with Gasteiger partial charge in [0, 0.05) is 23.1 Å². The molecule has 7 nitrogen and oxygen atoms in total. The first-order valence-corrected chi connectivity index (χ1v) is 10.5. The number of carbonyl (C=O) groups is 1. The first-order valence-electron chi connectivity index (χ1n) is 9.62. The van der Waals surface area contributed by atoms with Gasteiger partial charge in [0.05, 0.1) is 11.4 Å². The second-order valence-corrected chi connectivity index (χ2v) is 7.74. The van der Waals surface area contributed by atoms with Crippen LogP contribution in [0.5, 0.6) is 11.5 Å². The summed E-state index contributed by atoms with van der Waals surface area (Å²) in [6.45, 7) is 2.10. The van der Waals surface area contributed by atoms with E-state index in [0.29, 0.717) is 16.7 Å². The smallest absolute Gasteiger partial charge is 0.249 e. The Morgan fingerprint density at radius 2 is 1.97 bits per heavy atom. The maximum atomic E-state index is 12.4. The largest absolute Gasteiger partial charge is 0.454 e. The second-order valence-electron chi connectivity index (χ2n) is 6.90. The van der Waals surface area contributed by atoms with Gasteiger partial charge >= 0.3 is 0 Å². The number of hydrogen-bond donors (Lipinski definition) is 1. The summed E-state index contributed by atoms with van der Waals surface area (Å²) in [6.07, 6.45) is 3.27. The second kappa shape index (κ2) is 8.08. The van der Waals surface area contributed by atoms with Crippen LogP contribution < -0.4 is 14.8 Å². The van der Waals surface area contributed by atoms with Crippen LogP contribution in [0.15, 0.2) is 66.1 Å². The zero-order valence-electron chi connectivity index (χ0n) is 16.6. The molecule has 3 heterocycles. The number of ether oxygens (including phenoxy) is 2. The molecular formula is C23H18N4O3S. The van der Waals surface area contributed by atoms with Gasteiger partial charge in [-0.05, 0) is 36.8 Å². The molecule has 0 unspecified atom stereocenters. The summed E-state index contributed by atoms with van der Waals surface area (Å²) in [5.74, 6) is 1.76. The molecule has 2 aromatic carbocycles. The molecule has 4 aromatic rings. The number of anilines is 1. The highest BCUT2D eigenvalue weighted by Crippen LogP contribution is 2.36. The fraction of sp³-hybridized carbons (Fsp3) is 0.0870. The van der Waals surface area contributed by atoms with Crippen molar-refractivity contribution in [2.45, 2.75) is 6.92 Å². The molecule has 1 aliphatic rings. The lowest BCUT2D eigenvalue weighted by atomic mass is 10.1. The Kier molecular flexibility index (Phi) is 4.97. The number of aryl methyl sites for hydroxylation is 1. The molecule has 8 heteroatoms. The third kappa shape index (κ3) is 4.06. The number of benzene rings is 2. The predicted molar refractivity (Wildman–Crippen MR) is 120 cm³/mol. The average Bonchev–Trinajstić information content (AvgIpc) is 3.52. The van der Waals surface area contributed by atoms with Crippen molar-refractivity contribution < 1.29 is 14.3 Å². The molecule has 0 saturated heterocycles. The van der Waals surface area contributed by atoms with Crippen LogP contribution >= 0.6 is 11.3 Å². The van der Waals surface area contributed by atoms with E-state index in [1.165, 1.54) is 17.4 Å². The van der Waals surface area contributed by atoms with Crippen molar-refractivity contribution >= 4 is 29.1 Å². The van der Waals surface area contributed by atoms with E-state index < -0.39 is 0 Å². The number of rotatable bonds is 5. The molecule has 154 valence electrons. The van der Waals surface area contributed by atoms with Gasteiger partial charge in [-0.1, -0.05) is 30.3 Å². The Labute approximate surface area is 182 Å². The topological polar surface area (TPSA) is 78.3 Å². The standard InChI is InChI=1S/C23H18N4O3S/c1-15-11-21(25-22(28)10-7-16-5-3-2-4-6-16)27(26-15)23-24-18(13-31-23)17-8-9-19-20(12-17)30-14-29-19/h2-13H,14H2,1H3,(H,25,28)/b10-7-. The van der Waals surface area contributed by atoms with Crippen molar-refractivity contribution in [2.75, 3.05) is 12.1 Å². The van der Waals surface area contributed by atoms with Gasteiger partial charge in [0.25, 0.3) is 0 Å². The number of thiazole rings is 1. The number of carbonyl (C=O) groups excluding carboxylic acids is 1. The average molecular weight is 430 g/mol. The van der Waals surface area contributed by atoms with Gasteiger partial charge in [-0.15, -0.1) is 11.3 Å². The van der Waals surface area contributed by atoms with E-state index >= 15 is 0 Å². The zero-order valence-corrected chi connectivity index (χ0v) is 17.4. The van der Waals surface area contributed by atoms with E-state index in [0.717, 1.165) is 28.3 Å². The summed E-state index contributed by atoms with van der Waals surface area (Å²) in [5, 5.41) is 9.99. The van der Waals surface area contributed by atoms with E-state index in [2.05, 4.69) is 10.4 Å². The molecule has 2 aromatic heterocycles. The highest BCUT2D eigenvalue weighted by molar-refractivity contribution is 7.12. The lowest BCUT2D eigenvalue weighted by Gasteiger charge is -2.04. The Bertz CT molecular complexity index is 1280. The molecule has 31 heavy (non-hydrogen) atoms. The number of aromatic nitrogens is 3.